The molecule has 0 aromatic heterocycles. The third-order valence-corrected chi connectivity index (χ3v) is 0.587. The summed E-state index contributed by atoms with van der Waals surface area (Å²) < 4.78 is 0. The van der Waals surface area contributed by atoms with Crippen LogP contribution < -0.4 is 5.73 Å². The Kier molecular flexibility index (Phi) is 2.71. The number of hydrogen-bond acceptors (Lipinski definition) is 2. The maximum absolute atomic E-state index is 9.59. The van der Waals surface area contributed by atoms with Crippen LogP contribution in [-0.4, -0.2) is 9.99 Å². The average Bonchev–Trinajstić information content (AvgIpc) is 1.35. The molecule has 0 unspecified atom stereocenters. The predicted molar refractivity (Wildman–Crippen MR) is 16.3 cm³/mol. The molecule has 0 rings (SSSR count). The summed E-state index contributed by atoms with van der Waals surface area (Å²) in [5, 5.41) is 0.475. The third-order valence-electron chi connectivity index (χ3n) is 0.142. The standard InChI is InChI=1S/CH2NO.CHO.Fe/c2-1-3;1-2;/h(H2,2,3);1H;. The van der Waals surface area contributed by atoms with Crippen LogP contribution in [0.15, 0.2) is 0 Å². The van der Waals surface area contributed by atoms with Crippen molar-refractivity contribution >= 4 is 9.99 Å². The summed E-state index contributed by atoms with van der Waals surface area (Å²) in [4.78, 5) is 18.3. The topological polar surface area (TPSA) is 60.2 Å². The van der Waals surface area contributed by atoms with E-state index >= 15 is 0 Å². The van der Waals surface area contributed by atoms with E-state index in [1.807, 2.05) is 0 Å². The zero-order valence-electron chi connectivity index (χ0n) is 2.82. The van der Waals surface area contributed by atoms with Gasteiger partial charge in [-0.1, -0.05) is 0 Å². The Morgan fingerprint density at radius 2 is 2.33 bits per heavy atom. The van der Waals surface area contributed by atoms with Gasteiger partial charge in [0.15, 0.2) is 0 Å². The van der Waals surface area contributed by atoms with Crippen LogP contribution >= 0.6 is 0 Å². The van der Waals surface area contributed by atoms with Gasteiger partial charge in [0.1, 0.15) is 0 Å². The second-order valence-electron chi connectivity index (χ2n) is 0.477. The fourth-order valence-electron chi connectivity index (χ4n) is 0.0411. The van der Waals surface area contributed by atoms with Crippen LogP contribution in [0.3, 0.4) is 0 Å². The number of rotatable bonds is 2. The van der Waals surface area contributed by atoms with Crippen LogP contribution in [-0.2, 0) is 19.8 Å². The van der Waals surface area contributed by atoms with Crippen LogP contribution in [0.25, 0.3) is 0 Å². The zero-order chi connectivity index (χ0) is 4.99. The quantitative estimate of drug-likeness (QED) is 0.397. The van der Waals surface area contributed by atoms with E-state index in [1.54, 1.807) is 0 Å². The van der Waals surface area contributed by atoms with Gasteiger partial charge >= 0.3 is 40.3 Å². The second-order valence-corrected chi connectivity index (χ2v) is 1.60. The van der Waals surface area contributed by atoms with E-state index in [0.29, 0.717) is 5.18 Å². The molecule has 0 aliphatic carbocycles. The van der Waals surface area contributed by atoms with Crippen LogP contribution in [0, 0.1) is 0 Å². The van der Waals surface area contributed by atoms with Gasteiger partial charge in [-0.05, 0) is 0 Å². The first-order chi connectivity index (χ1) is 2.77. The first-order valence-electron chi connectivity index (χ1n) is 1.11. The Hall–Kier alpha value is -0.341. The Morgan fingerprint density at radius 1 is 1.83 bits per heavy atom. The molecule has 0 bridgehead atoms. The number of carbonyl (C=O) groups is 2. The van der Waals surface area contributed by atoms with Crippen molar-refractivity contribution in [3.05, 3.63) is 0 Å². The molecule has 0 saturated heterocycles. The summed E-state index contributed by atoms with van der Waals surface area (Å²) in [5.74, 6) is 0. The molecule has 0 aromatic rings. The van der Waals surface area contributed by atoms with Crippen molar-refractivity contribution < 1.29 is 24.5 Å². The van der Waals surface area contributed by atoms with Crippen molar-refractivity contribution in [2.45, 2.75) is 0 Å². The molecule has 0 aliphatic heterocycles. The van der Waals surface area contributed by atoms with Crippen molar-refractivity contribution in [3.63, 3.8) is 0 Å². The molecule has 4 heteroatoms. The van der Waals surface area contributed by atoms with E-state index in [9.17, 15) is 9.59 Å². The molecule has 0 fully saturated rings. The van der Waals surface area contributed by atoms with Crippen molar-refractivity contribution in [2.75, 3.05) is 0 Å². The van der Waals surface area contributed by atoms with Gasteiger partial charge in [0.05, 0.1) is 0 Å². The molecule has 0 heterocycles. The van der Waals surface area contributed by atoms with Gasteiger partial charge in [0.25, 0.3) is 0 Å². The average molecular weight is 129 g/mol. The minimum atomic E-state index is -0.579. The van der Waals surface area contributed by atoms with Crippen molar-refractivity contribution in [2.24, 2.45) is 5.73 Å². The molecule has 0 atom stereocenters. The Labute approximate surface area is 41.0 Å². The van der Waals surface area contributed by atoms with Crippen LogP contribution in [0.4, 0.5) is 4.79 Å². The summed E-state index contributed by atoms with van der Waals surface area (Å²) >= 11 is -0.167. The van der Waals surface area contributed by atoms with Gasteiger partial charge < -0.3 is 0 Å². The molecule has 6 heavy (non-hydrogen) atoms. The third kappa shape index (κ3) is 3.66. The summed E-state index contributed by atoms with van der Waals surface area (Å²) in [6, 6.07) is 0. The summed E-state index contributed by atoms with van der Waals surface area (Å²) in [7, 11) is 0. The molecular formula is C2H3FeNO2. The van der Waals surface area contributed by atoms with Crippen molar-refractivity contribution in [1.82, 2.24) is 0 Å². The first kappa shape index (κ1) is 5.66. The summed E-state index contributed by atoms with van der Waals surface area (Å²) in [6.45, 7) is 0. The van der Waals surface area contributed by atoms with Crippen LogP contribution in [0.1, 0.15) is 0 Å². The van der Waals surface area contributed by atoms with Crippen LogP contribution in [0.5, 0.6) is 0 Å². The van der Waals surface area contributed by atoms with Gasteiger partial charge in [0, 0.05) is 0 Å². The molecule has 0 aliphatic rings. The molecule has 3 nitrogen and oxygen atoms in total. The van der Waals surface area contributed by atoms with E-state index in [0.717, 1.165) is 0 Å². The molecule has 1 amide bonds. The van der Waals surface area contributed by atoms with Gasteiger partial charge in [0.2, 0.25) is 0 Å². The molecule has 36 valence electrons. The van der Waals surface area contributed by atoms with E-state index in [4.69, 9.17) is 0 Å². The number of carbonyl (C=O) groups excluding carboxylic acids is 2. The summed E-state index contributed by atoms with van der Waals surface area (Å²) in [5.41, 5.74) is 4.53. The molecule has 0 radical (unpaired) electrons. The fraction of sp³-hybridized carbons (Fsp3) is 0. The number of hydrogen-bond donors (Lipinski definition) is 1. The van der Waals surface area contributed by atoms with E-state index < -0.39 is 4.81 Å². The Morgan fingerprint density at radius 3 is 2.33 bits per heavy atom. The zero-order valence-corrected chi connectivity index (χ0v) is 3.93. The fourth-order valence-corrected chi connectivity index (χ4v) is 0.169. The van der Waals surface area contributed by atoms with Crippen molar-refractivity contribution in [3.8, 4) is 0 Å². The number of nitrogens with two attached hydrogens (primary N) is 1. The molecule has 2 N–H and O–H groups in total. The number of primary amides is 1. The van der Waals surface area contributed by atoms with Crippen molar-refractivity contribution in [1.29, 1.82) is 0 Å². The molecular weight excluding hydrogens is 126 g/mol. The molecule has 0 spiro atoms. The Bertz CT molecular complexity index is 71.9. The Balaban J connectivity index is 3.05. The molecule has 0 aromatic carbocycles. The first-order valence-corrected chi connectivity index (χ1v) is 2.30. The number of amides is 1. The normalized spacial score (nSPS) is 8.00. The SMILES string of the molecule is N[C](=O)[Fe][CH]=O. The van der Waals surface area contributed by atoms with Gasteiger partial charge in [-0.25, -0.2) is 0 Å². The van der Waals surface area contributed by atoms with Gasteiger partial charge in [-0.3, -0.25) is 0 Å². The minimum absolute atomic E-state index is 0.167. The van der Waals surface area contributed by atoms with Gasteiger partial charge in [-0.2, -0.15) is 0 Å². The maximum atomic E-state index is 9.59. The second kappa shape index (κ2) is 2.87. The monoisotopic (exact) mass is 129 g/mol. The van der Waals surface area contributed by atoms with Gasteiger partial charge in [-0.15, -0.1) is 0 Å². The van der Waals surface area contributed by atoms with E-state index in [1.165, 1.54) is 0 Å². The predicted octanol–water partition coefficient (Wildman–Crippen LogP) is -0.662. The summed E-state index contributed by atoms with van der Waals surface area (Å²) in [6.07, 6.45) is 0. The molecule has 0 saturated carbocycles. The van der Waals surface area contributed by atoms with E-state index in [-0.39, 0.29) is 15.0 Å². The van der Waals surface area contributed by atoms with E-state index in [2.05, 4.69) is 5.73 Å². The van der Waals surface area contributed by atoms with Crippen LogP contribution in [0.2, 0.25) is 0 Å².